The zero-order valence-corrected chi connectivity index (χ0v) is 18.4. The first-order valence-corrected chi connectivity index (χ1v) is 10.5. The Hall–Kier alpha value is -3.10. The van der Waals surface area contributed by atoms with E-state index < -0.39 is 0 Å². The first-order valence-electron chi connectivity index (χ1n) is 10.5. The second-order valence-electron chi connectivity index (χ2n) is 7.55. The van der Waals surface area contributed by atoms with Crippen LogP contribution in [0.4, 0.5) is 0 Å². The monoisotopic (exact) mass is 398 g/mol. The number of hydrogen-bond acceptors (Lipinski definition) is 2. The highest BCUT2D eigenvalue weighted by atomic mass is 15.0. The van der Waals surface area contributed by atoms with E-state index >= 15 is 0 Å². The molecule has 2 rings (SSSR count). The van der Waals surface area contributed by atoms with Gasteiger partial charge in [-0.3, -0.25) is 0 Å². The van der Waals surface area contributed by atoms with E-state index in [2.05, 4.69) is 87.3 Å². The summed E-state index contributed by atoms with van der Waals surface area (Å²) in [4.78, 5) is 0. The van der Waals surface area contributed by atoms with Crippen LogP contribution in [0.5, 0.6) is 0 Å². The second-order valence-corrected chi connectivity index (χ2v) is 7.55. The van der Waals surface area contributed by atoms with Gasteiger partial charge in [0.2, 0.25) is 0 Å². The predicted octanol–water partition coefficient (Wildman–Crippen LogP) is 6.78. The van der Waals surface area contributed by atoms with Crippen molar-refractivity contribution in [1.29, 1.82) is 0 Å². The molecule has 2 nitrogen and oxygen atoms in total. The number of aryl methyl sites for hydroxylation is 2. The van der Waals surface area contributed by atoms with Crippen molar-refractivity contribution in [2.75, 3.05) is 0 Å². The van der Waals surface area contributed by atoms with Gasteiger partial charge in [0.05, 0.1) is 0 Å². The molecule has 1 unspecified atom stereocenters. The van der Waals surface area contributed by atoms with Crippen LogP contribution in [-0.4, -0.2) is 0 Å². The van der Waals surface area contributed by atoms with Crippen LogP contribution >= 0.6 is 0 Å². The smallest absolute Gasteiger partial charge is 0.100 e. The molecule has 0 aliphatic carbocycles. The maximum atomic E-state index is 6.17. The Balaban J connectivity index is 1.76. The molecular weight excluding hydrogens is 364 g/mol. The Morgan fingerprint density at radius 2 is 1.87 bits per heavy atom. The maximum Gasteiger partial charge on any atom is 0.100 e. The predicted molar refractivity (Wildman–Crippen MR) is 132 cm³/mol. The number of nitrogens with two attached hydrogens (primary N) is 1. The van der Waals surface area contributed by atoms with Gasteiger partial charge < -0.3 is 11.1 Å². The SMILES string of the molecule is C=C/C=C(\C)c1ccc(CC/C=C/C(C)=C\C=C/NC(N)c2cccc(C)c2)cc1. The Kier molecular flexibility index (Phi) is 9.63. The minimum absolute atomic E-state index is 0.201. The average Bonchev–Trinajstić information content (AvgIpc) is 2.74. The summed E-state index contributed by atoms with van der Waals surface area (Å²) >= 11 is 0. The molecule has 156 valence electrons. The number of rotatable bonds is 10. The van der Waals surface area contributed by atoms with Crippen molar-refractivity contribution in [3.63, 3.8) is 0 Å². The van der Waals surface area contributed by atoms with Gasteiger partial charge in [-0.15, -0.1) is 0 Å². The molecule has 2 aromatic rings. The Morgan fingerprint density at radius 1 is 1.10 bits per heavy atom. The summed E-state index contributed by atoms with van der Waals surface area (Å²) in [5.74, 6) is 0. The largest absolute Gasteiger partial charge is 0.372 e. The van der Waals surface area contributed by atoms with Crippen LogP contribution in [0.15, 0.2) is 103 Å². The Labute approximate surface area is 182 Å². The third kappa shape index (κ3) is 8.10. The lowest BCUT2D eigenvalue weighted by Gasteiger charge is -2.12. The molecule has 3 N–H and O–H groups in total. The van der Waals surface area contributed by atoms with E-state index in [4.69, 9.17) is 5.73 Å². The molecule has 0 heterocycles. The molecular formula is C28H34N2. The standard InChI is InChI=1S/C28H34N2/c1-5-10-24(4)26-18-16-25(17-19-26)14-7-6-11-22(2)13-9-20-30-28(29)27-15-8-12-23(3)21-27/h5-6,8-13,15-21,28,30H,1,7,14,29H2,2-4H3/b11-6+,20-9-,22-13-,24-10+. The minimum Gasteiger partial charge on any atom is -0.372 e. The summed E-state index contributed by atoms with van der Waals surface area (Å²) in [5.41, 5.74) is 13.5. The zero-order valence-electron chi connectivity index (χ0n) is 18.4. The number of nitrogens with one attached hydrogen (secondary N) is 1. The van der Waals surface area contributed by atoms with Crippen LogP contribution in [0.25, 0.3) is 5.57 Å². The van der Waals surface area contributed by atoms with Gasteiger partial charge in [0.15, 0.2) is 0 Å². The summed E-state index contributed by atoms with van der Waals surface area (Å²) in [6.07, 6.45) is 16.1. The lowest BCUT2D eigenvalue weighted by Crippen LogP contribution is -2.24. The summed E-state index contributed by atoms with van der Waals surface area (Å²) in [6.45, 7) is 10.0. The van der Waals surface area contributed by atoms with Crippen molar-refractivity contribution in [3.05, 3.63) is 126 Å². The molecule has 0 aliphatic heterocycles. The molecule has 0 fully saturated rings. The molecule has 2 heteroatoms. The van der Waals surface area contributed by atoms with E-state index in [9.17, 15) is 0 Å². The molecule has 0 aliphatic rings. The first-order chi connectivity index (χ1) is 14.5. The molecule has 0 bridgehead atoms. The number of benzene rings is 2. The molecule has 0 saturated carbocycles. The third-order valence-corrected chi connectivity index (χ3v) is 4.89. The van der Waals surface area contributed by atoms with Crippen LogP contribution in [0, 0.1) is 6.92 Å². The van der Waals surface area contributed by atoms with Crippen LogP contribution in [0.2, 0.25) is 0 Å². The first kappa shape index (κ1) is 23.2. The van der Waals surface area contributed by atoms with E-state index in [1.807, 2.05) is 36.6 Å². The van der Waals surface area contributed by atoms with Crippen molar-refractivity contribution >= 4 is 5.57 Å². The molecule has 0 saturated heterocycles. The maximum absolute atomic E-state index is 6.17. The lowest BCUT2D eigenvalue weighted by atomic mass is 10.0. The van der Waals surface area contributed by atoms with Crippen molar-refractivity contribution in [2.45, 2.75) is 39.8 Å². The van der Waals surface area contributed by atoms with Gasteiger partial charge in [-0.2, -0.15) is 0 Å². The molecule has 0 spiro atoms. The fraction of sp³-hybridized carbons (Fsp3) is 0.214. The van der Waals surface area contributed by atoms with Crippen LogP contribution in [0.1, 0.15) is 48.7 Å². The fourth-order valence-electron chi connectivity index (χ4n) is 3.10. The van der Waals surface area contributed by atoms with Crippen LogP contribution < -0.4 is 11.1 Å². The van der Waals surface area contributed by atoms with Crippen molar-refractivity contribution < 1.29 is 0 Å². The average molecular weight is 399 g/mol. The van der Waals surface area contributed by atoms with Crippen molar-refractivity contribution in [1.82, 2.24) is 5.32 Å². The molecule has 0 radical (unpaired) electrons. The van der Waals surface area contributed by atoms with E-state index in [1.54, 1.807) is 0 Å². The Bertz CT molecular complexity index is 927. The molecule has 0 amide bonds. The fourth-order valence-corrected chi connectivity index (χ4v) is 3.10. The highest BCUT2D eigenvalue weighted by Crippen LogP contribution is 2.15. The summed E-state index contributed by atoms with van der Waals surface area (Å²) in [6, 6.07) is 17.0. The van der Waals surface area contributed by atoms with Crippen LogP contribution in [0.3, 0.4) is 0 Å². The van der Waals surface area contributed by atoms with E-state index in [0.29, 0.717) is 0 Å². The van der Waals surface area contributed by atoms with Gasteiger partial charge in [0, 0.05) is 0 Å². The van der Waals surface area contributed by atoms with Gasteiger partial charge in [-0.1, -0.05) is 96.6 Å². The summed E-state index contributed by atoms with van der Waals surface area (Å²) in [5, 5.41) is 3.21. The van der Waals surface area contributed by atoms with Crippen molar-refractivity contribution in [2.24, 2.45) is 5.73 Å². The summed E-state index contributed by atoms with van der Waals surface area (Å²) in [7, 11) is 0. The van der Waals surface area contributed by atoms with Gasteiger partial charge in [0.1, 0.15) is 6.17 Å². The molecule has 1 atom stereocenters. The highest BCUT2D eigenvalue weighted by molar-refractivity contribution is 5.65. The zero-order chi connectivity index (χ0) is 21.8. The normalized spacial score (nSPS) is 13.7. The summed E-state index contributed by atoms with van der Waals surface area (Å²) < 4.78 is 0. The minimum atomic E-state index is -0.201. The van der Waals surface area contributed by atoms with Gasteiger partial charge in [0.25, 0.3) is 0 Å². The number of allylic oxidation sites excluding steroid dienone is 8. The van der Waals surface area contributed by atoms with Gasteiger partial charge >= 0.3 is 0 Å². The van der Waals surface area contributed by atoms with E-state index in [-0.39, 0.29) is 6.17 Å². The van der Waals surface area contributed by atoms with E-state index in [0.717, 1.165) is 18.4 Å². The second kappa shape index (κ2) is 12.5. The third-order valence-electron chi connectivity index (χ3n) is 4.89. The molecule has 2 aromatic carbocycles. The van der Waals surface area contributed by atoms with E-state index in [1.165, 1.54) is 27.8 Å². The van der Waals surface area contributed by atoms with Gasteiger partial charge in [-0.25, -0.2) is 0 Å². The quantitative estimate of drug-likeness (QED) is 0.342. The molecule has 30 heavy (non-hydrogen) atoms. The van der Waals surface area contributed by atoms with Crippen molar-refractivity contribution in [3.8, 4) is 0 Å². The lowest BCUT2D eigenvalue weighted by molar-refractivity contribution is 0.653. The highest BCUT2D eigenvalue weighted by Gasteiger charge is 2.01. The van der Waals surface area contributed by atoms with Gasteiger partial charge in [-0.05, 0) is 68.2 Å². The number of hydrogen-bond donors (Lipinski definition) is 2. The Morgan fingerprint density at radius 3 is 2.57 bits per heavy atom. The van der Waals surface area contributed by atoms with Crippen LogP contribution in [-0.2, 0) is 6.42 Å². The topological polar surface area (TPSA) is 38.0 Å². The molecule has 0 aromatic heterocycles.